The molecule has 1 heterocycles. The largest absolute Gasteiger partial charge is 0.381 e. The monoisotopic (exact) mass is 487 g/mol. The molecular formula is C29H49N3O3. The number of urea groups is 1. The first-order chi connectivity index (χ1) is 17.2. The molecule has 3 atom stereocenters. The van der Waals surface area contributed by atoms with E-state index in [0.717, 1.165) is 70.9 Å². The Labute approximate surface area is 213 Å². The summed E-state index contributed by atoms with van der Waals surface area (Å²) in [4.78, 5) is 15.3. The fraction of sp³-hybridized carbons (Fsp3) is 0.759. The van der Waals surface area contributed by atoms with Gasteiger partial charge >= 0.3 is 6.03 Å². The van der Waals surface area contributed by atoms with Gasteiger partial charge in [0.05, 0.1) is 6.10 Å². The van der Waals surface area contributed by atoms with E-state index in [4.69, 9.17) is 9.47 Å². The zero-order valence-electron chi connectivity index (χ0n) is 22.2. The van der Waals surface area contributed by atoms with Crippen molar-refractivity contribution < 1.29 is 14.3 Å². The molecule has 1 saturated carbocycles. The van der Waals surface area contributed by atoms with Crippen LogP contribution in [0.3, 0.4) is 0 Å². The van der Waals surface area contributed by atoms with E-state index in [0.29, 0.717) is 12.5 Å². The van der Waals surface area contributed by atoms with E-state index in [-0.39, 0.29) is 18.2 Å². The highest BCUT2D eigenvalue weighted by Gasteiger charge is 2.32. The molecule has 1 aliphatic heterocycles. The van der Waals surface area contributed by atoms with E-state index in [1.807, 2.05) is 18.0 Å². The highest BCUT2D eigenvalue weighted by atomic mass is 16.5. The third kappa shape index (κ3) is 9.74. The van der Waals surface area contributed by atoms with Crippen LogP contribution in [0.1, 0.15) is 82.8 Å². The molecule has 0 aromatic heterocycles. The molecule has 1 aromatic carbocycles. The molecule has 0 spiro atoms. The summed E-state index contributed by atoms with van der Waals surface area (Å²) in [6.07, 6.45) is 11.8. The molecule has 6 nitrogen and oxygen atoms in total. The Hall–Kier alpha value is -1.63. The third-order valence-electron chi connectivity index (χ3n) is 7.50. The van der Waals surface area contributed by atoms with E-state index in [9.17, 15) is 4.79 Å². The van der Waals surface area contributed by atoms with Crippen LogP contribution in [-0.4, -0.2) is 63.5 Å². The van der Waals surface area contributed by atoms with Crippen molar-refractivity contribution in [2.24, 2.45) is 11.8 Å². The second-order valence-corrected chi connectivity index (χ2v) is 10.5. The number of nitrogens with zero attached hydrogens (tertiary/aromatic N) is 1. The van der Waals surface area contributed by atoms with Gasteiger partial charge in [-0.3, -0.25) is 0 Å². The second-order valence-electron chi connectivity index (χ2n) is 10.5. The number of carbonyl (C=O) groups is 1. The van der Waals surface area contributed by atoms with Crippen molar-refractivity contribution in [2.45, 2.75) is 83.3 Å². The number of amides is 2. The summed E-state index contributed by atoms with van der Waals surface area (Å²) in [7, 11) is 1.98. The molecule has 1 saturated heterocycles. The first-order valence-electron chi connectivity index (χ1n) is 14.2. The molecule has 198 valence electrons. The highest BCUT2D eigenvalue weighted by Crippen LogP contribution is 2.33. The molecular weight excluding hydrogens is 438 g/mol. The van der Waals surface area contributed by atoms with Gasteiger partial charge in [0.1, 0.15) is 0 Å². The minimum Gasteiger partial charge on any atom is -0.381 e. The number of hydrogen-bond donors (Lipinski definition) is 2. The lowest BCUT2D eigenvalue weighted by Crippen LogP contribution is -2.52. The Kier molecular flexibility index (Phi) is 12.9. The number of hydrogen-bond acceptors (Lipinski definition) is 4. The zero-order chi connectivity index (χ0) is 24.7. The molecule has 2 N–H and O–H groups in total. The Morgan fingerprint density at radius 3 is 2.60 bits per heavy atom. The van der Waals surface area contributed by atoms with Crippen LogP contribution in [0.25, 0.3) is 0 Å². The van der Waals surface area contributed by atoms with Gasteiger partial charge in [-0.1, -0.05) is 69.4 Å². The van der Waals surface area contributed by atoms with E-state index in [2.05, 4.69) is 41.8 Å². The zero-order valence-corrected chi connectivity index (χ0v) is 22.2. The quantitative estimate of drug-likeness (QED) is 0.338. The fourth-order valence-electron chi connectivity index (χ4n) is 5.74. The Bertz CT molecular complexity index is 696. The van der Waals surface area contributed by atoms with Crippen LogP contribution in [0.4, 0.5) is 4.79 Å². The van der Waals surface area contributed by atoms with Gasteiger partial charge in [-0.05, 0) is 50.6 Å². The Morgan fingerprint density at radius 1 is 1.06 bits per heavy atom. The third-order valence-corrected chi connectivity index (χ3v) is 7.50. The topological polar surface area (TPSA) is 62.8 Å². The van der Waals surface area contributed by atoms with Crippen molar-refractivity contribution >= 4 is 6.03 Å². The van der Waals surface area contributed by atoms with Crippen LogP contribution in [-0.2, 0) is 9.47 Å². The minimum absolute atomic E-state index is 0.00770. The number of ether oxygens (including phenoxy) is 2. The number of rotatable bonds is 14. The summed E-state index contributed by atoms with van der Waals surface area (Å²) < 4.78 is 12.1. The molecule has 1 unspecified atom stereocenters. The van der Waals surface area contributed by atoms with Crippen molar-refractivity contribution in [2.75, 3.05) is 46.5 Å². The van der Waals surface area contributed by atoms with Crippen molar-refractivity contribution in [1.82, 2.24) is 15.5 Å². The van der Waals surface area contributed by atoms with Crippen LogP contribution in [0.5, 0.6) is 0 Å². The summed E-state index contributed by atoms with van der Waals surface area (Å²) in [6, 6.07) is 10.8. The van der Waals surface area contributed by atoms with Gasteiger partial charge < -0.3 is 25.0 Å². The predicted octanol–water partition coefficient (Wildman–Crippen LogP) is 5.54. The number of nitrogens with one attached hydrogen (secondary N) is 2. The van der Waals surface area contributed by atoms with Gasteiger partial charge in [0.25, 0.3) is 0 Å². The van der Waals surface area contributed by atoms with Crippen LogP contribution in [0, 0.1) is 11.8 Å². The number of piperidine rings is 1. The predicted molar refractivity (Wildman–Crippen MR) is 143 cm³/mol. The molecule has 0 radical (unpaired) electrons. The molecule has 35 heavy (non-hydrogen) atoms. The number of carbonyl (C=O) groups excluding carboxylic acids is 1. The second kappa shape index (κ2) is 16.2. The Balaban J connectivity index is 1.56. The molecule has 1 aromatic rings. The fourth-order valence-corrected chi connectivity index (χ4v) is 5.74. The molecule has 2 aliphatic rings. The summed E-state index contributed by atoms with van der Waals surface area (Å²) in [5.74, 6) is 1.04. The molecule has 1 aliphatic carbocycles. The van der Waals surface area contributed by atoms with Crippen molar-refractivity contribution in [1.29, 1.82) is 0 Å². The van der Waals surface area contributed by atoms with Crippen LogP contribution >= 0.6 is 0 Å². The van der Waals surface area contributed by atoms with Gasteiger partial charge in [-0.15, -0.1) is 0 Å². The molecule has 3 rings (SSSR count). The van der Waals surface area contributed by atoms with Gasteiger partial charge in [0.2, 0.25) is 0 Å². The van der Waals surface area contributed by atoms with E-state index >= 15 is 0 Å². The summed E-state index contributed by atoms with van der Waals surface area (Å²) in [6.45, 7) is 6.75. The number of likely N-dealkylation sites (tertiary alicyclic amines) is 1. The van der Waals surface area contributed by atoms with E-state index < -0.39 is 0 Å². The lowest BCUT2D eigenvalue weighted by Gasteiger charge is -2.38. The standard InChI is InChI=1S/C29H49N3O3/c1-3-18-34-19-11-20-35-28(25-14-8-5-9-15-25)26-16-10-17-32(23-26)29(33)31-27(22-30-2)21-24-12-6-4-7-13-24/h5,8-9,14-15,24,26-28,30H,3-4,6-7,10-13,16-23H2,1-2H3,(H,31,33)/t26-,27?,28+/m1/s1. The maximum absolute atomic E-state index is 13.3. The average Bonchev–Trinajstić information content (AvgIpc) is 2.89. The average molecular weight is 488 g/mol. The maximum atomic E-state index is 13.3. The van der Waals surface area contributed by atoms with Crippen LogP contribution in [0.2, 0.25) is 0 Å². The maximum Gasteiger partial charge on any atom is 0.317 e. The summed E-state index contributed by atoms with van der Waals surface area (Å²) in [5.41, 5.74) is 1.21. The minimum atomic E-state index is 0.00770. The summed E-state index contributed by atoms with van der Waals surface area (Å²) in [5, 5.41) is 6.67. The first kappa shape index (κ1) is 27.9. The lowest BCUT2D eigenvalue weighted by molar-refractivity contribution is -0.0189. The van der Waals surface area contributed by atoms with E-state index in [1.54, 1.807) is 0 Å². The molecule has 2 fully saturated rings. The van der Waals surface area contributed by atoms with Gasteiger partial charge in [0, 0.05) is 51.4 Å². The van der Waals surface area contributed by atoms with Gasteiger partial charge in [-0.2, -0.15) is 0 Å². The highest BCUT2D eigenvalue weighted by molar-refractivity contribution is 5.74. The SMILES string of the molecule is CCCOCCCO[C@@H](c1ccccc1)[C@@H]1CCCN(C(=O)NC(CNC)CC2CCCCC2)C1. The Morgan fingerprint density at radius 2 is 1.86 bits per heavy atom. The lowest BCUT2D eigenvalue weighted by atomic mass is 9.85. The van der Waals surface area contributed by atoms with E-state index in [1.165, 1.54) is 37.7 Å². The number of likely N-dealkylation sites (N-methyl/N-ethyl adjacent to an activating group) is 1. The summed E-state index contributed by atoms with van der Waals surface area (Å²) >= 11 is 0. The first-order valence-corrected chi connectivity index (χ1v) is 14.2. The molecule has 0 bridgehead atoms. The van der Waals surface area contributed by atoms with Crippen LogP contribution < -0.4 is 10.6 Å². The van der Waals surface area contributed by atoms with Gasteiger partial charge in [-0.25, -0.2) is 4.79 Å². The van der Waals surface area contributed by atoms with Crippen LogP contribution in [0.15, 0.2) is 30.3 Å². The van der Waals surface area contributed by atoms with Crippen molar-refractivity contribution in [3.05, 3.63) is 35.9 Å². The number of benzene rings is 1. The molecule has 2 amide bonds. The van der Waals surface area contributed by atoms with Crippen molar-refractivity contribution in [3.8, 4) is 0 Å². The van der Waals surface area contributed by atoms with Crippen molar-refractivity contribution in [3.63, 3.8) is 0 Å². The van der Waals surface area contributed by atoms with Gasteiger partial charge in [0.15, 0.2) is 0 Å². The normalized spacial score (nSPS) is 21.0. The molecule has 6 heteroatoms. The smallest absolute Gasteiger partial charge is 0.317 e.